The van der Waals surface area contributed by atoms with Gasteiger partial charge >= 0.3 is 0 Å². The van der Waals surface area contributed by atoms with Crippen molar-refractivity contribution < 1.29 is 32.5 Å². The molecule has 0 radical (unpaired) electrons. The molecule has 12 nitrogen and oxygen atoms in total. The van der Waals surface area contributed by atoms with Crippen LogP contribution >= 0.6 is 0 Å². The minimum atomic E-state index is -3.65. The van der Waals surface area contributed by atoms with Crippen LogP contribution in [0.25, 0.3) is 0 Å². The van der Waals surface area contributed by atoms with E-state index in [2.05, 4.69) is 5.32 Å². The Morgan fingerprint density at radius 3 is 2.47 bits per heavy atom. The molecule has 3 rings (SSSR count). The second-order valence-corrected chi connectivity index (χ2v) is 9.88. The van der Waals surface area contributed by atoms with Crippen LogP contribution in [-0.2, 0) is 19.6 Å². The number of sulfonamides is 1. The molecule has 0 bridgehead atoms. The quantitative estimate of drug-likeness (QED) is 0.336. The summed E-state index contributed by atoms with van der Waals surface area (Å²) >= 11 is 0. The number of imide groups is 1. The van der Waals surface area contributed by atoms with E-state index in [9.17, 15) is 32.9 Å². The van der Waals surface area contributed by atoms with Gasteiger partial charge in [-0.3, -0.25) is 29.4 Å². The molecule has 32 heavy (non-hydrogen) atoms. The number of nitro benzene ring substituents is 1. The molecule has 0 aromatic heterocycles. The van der Waals surface area contributed by atoms with Crippen molar-refractivity contribution in [1.82, 2.24) is 14.5 Å². The molecule has 2 aliphatic heterocycles. The maximum atomic E-state index is 12.7. The average molecular weight is 468 g/mol. The number of ether oxygens (including phenoxy) is 1. The highest BCUT2D eigenvalue weighted by molar-refractivity contribution is 7.89. The molecule has 1 aromatic carbocycles. The van der Waals surface area contributed by atoms with E-state index in [-0.39, 0.29) is 48.7 Å². The molecule has 1 aromatic rings. The first-order valence-corrected chi connectivity index (χ1v) is 11.6. The van der Waals surface area contributed by atoms with Gasteiger partial charge in [-0.1, -0.05) is 6.07 Å². The van der Waals surface area contributed by atoms with Crippen molar-refractivity contribution in [2.75, 3.05) is 25.4 Å². The van der Waals surface area contributed by atoms with Crippen LogP contribution in [0.4, 0.5) is 5.69 Å². The molecule has 2 aliphatic rings. The summed E-state index contributed by atoms with van der Waals surface area (Å²) in [6, 6.07) is 2.39. The Hall–Kier alpha value is -2.90. The predicted octanol–water partition coefficient (Wildman–Crippen LogP) is 0.135. The van der Waals surface area contributed by atoms with E-state index in [1.54, 1.807) is 13.8 Å². The zero-order chi connectivity index (χ0) is 23.8. The van der Waals surface area contributed by atoms with Crippen LogP contribution in [0.1, 0.15) is 41.5 Å². The van der Waals surface area contributed by atoms with Crippen LogP contribution in [0.3, 0.4) is 0 Å². The summed E-state index contributed by atoms with van der Waals surface area (Å²) in [5, 5.41) is 13.6. The van der Waals surface area contributed by atoms with E-state index in [0.717, 1.165) is 6.07 Å². The maximum Gasteiger partial charge on any atom is 0.282 e. The second kappa shape index (κ2) is 8.92. The summed E-state index contributed by atoms with van der Waals surface area (Å²) in [5.41, 5.74) is -1.03. The Morgan fingerprint density at radius 1 is 1.25 bits per heavy atom. The monoisotopic (exact) mass is 468 g/mol. The molecule has 0 saturated carbocycles. The molecule has 0 aliphatic carbocycles. The van der Waals surface area contributed by atoms with Crippen molar-refractivity contribution in [2.24, 2.45) is 0 Å². The zero-order valence-corrected chi connectivity index (χ0v) is 18.6. The van der Waals surface area contributed by atoms with Crippen molar-refractivity contribution in [1.29, 1.82) is 0 Å². The number of amides is 3. The molecule has 0 spiro atoms. The van der Waals surface area contributed by atoms with Gasteiger partial charge in [0.2, 0.25) is 15.9 Å². The lowest BCUT2D eigenvalue weighted by atomic mass is 10.1. The lowest BCUT2D eigenvalue weighted by Gasteiger charge is -2.34. The summed E-state index contributed by atoms with van der Waals surface area (Å²) in [7, 11) is -3.65. The Labute approximate surface area is 184 Å². The molecule has 13 heteroatoms. The lowest BCUT2D eigenvalue weighted by molar-refractivity contribution is -0.385. The van der Waals surface area contributed by atoms with E-state index in [4.69, 9.17) is 4.74 Å². The van der Waals surface area contributed by atoms with Crippen molar-refractivity contribution in [3.63, 3.8) is 0 Å². The topological polar surface area (TPSA) is 156 Å². The molecule has 3 amide bonds. The van der Waals surface area contributed by atoms with Gasteiger partial charge in [0, 0.05) is 25.7 Å². The third-order valence-electron chi connectivity index (χ3n) is 5.33. The number of rotatable bonds is 7. The Balaban J connectivity index is 1.64. The highest BCUT2D eigenvalue weighted by Crippen LogP contribution is 2.31. The first-order chi connectivity index (χ1) is 14.9. The number of benzene rings is 1. The molecule has 3 atom stereocenters. The zero-order valence-electron chi connectivity index (χ0n) is 17.8. The van der Waals surface area contributed by atoms with E-state index < -0.39 is 44.4 Å². The Bertz CT molecular complexity index is 1060. The third kappa shape index (κ3) is 4.49. The largest absolute Gasteiger partial charge is 0.373 e. The van der Waals surface area contributed by atoms with Gasteiger partial charge < -0.3 is 10.1 Å². The number of morpholine rings is 1. The van der Waals surface area contributed by atoms with Crippen LogP contribution in [0.15, 0.2) is 18.2 Å². The van der Waals surface area contributed by atoms with Crippen molar-refractivity contribution in [3.05, 3.63) is 39.4 Å². The lowest BCUT2D eigenvalue weighted by Crippen LogP contribution is -2.51. The van der Waals surface area contributed by atoms with Crippen LogP contribution in [-0.4, -0.2) is 83.9 Å². The second-order valence-electron chi connectivity index (χ2n) is 7.79. The normalized spacial score (nSPS) is 22.5. The number of nitrogens with zero attached hydrogens (tertiary/aromatic N) is 3. The number of nitrogens with one attached hydrogen (secondary N) is 1. The molecular weight excluding hydrogens is 444 g/mol. The smallest absolute Gasteiger partial charge is 0.282 e. The van der Waals surface area contributed by atoms with E-state index in [1.807, 2.05) is 0 Å². The first kappa shape index (κ1) is 23.8. The van der Waals surface area contributed by atoms with Gasteiger partial charge in [0.25, 0.3) is 17.5 Å². The summed E-state index contributed by atoms with van der Waals surface area (Å²) in [5.74, 6) is -2.87. The summed E-state index contributed by atoms with van der Waals surface area (Å²) in [4.78, 5) is 48.9. The average Bonchev–Trinajstić information content (AvgIpc) is 2.97. The van der Waals surface area contributed by atoms with Gasteiger partial charge in [-0.25, -0.2) is 8.42 Å². The SMILES string of the molecule is CC1CN(S(=O)(=O)CCNC(=O)C(C)N2C(=O)c3cccc([N+](=O)[O-])c3C2=O)CC(C)O1. The number of carbonyl (C=O) groups excluding carboxylic acids is 3. The van der Waals surface area contributed by atoms with E-state index >= 15 is 0 Å². The van der Waals surface area contributed by atoms with Gasteiger partial charge in [-0.15, -0.1) is 0 Å². The predicted molar refractivity (Wildman–Crippen MR) is 111 cm³/mol. The number of fused-ring (bicyclic) bond motifs is 1. The minimum Gasteiger partial charge on any atom is -0.373 e. The van der Waals surface area contributed by atoms with Crippen molar-refractivity contribution >= 4 is 33.4 Å². The summed E-state index contributed by atoms with van der Waals surface area (Å²) < 4.78 is 32.0. The minimum absolute atomic E-state index is 0.151. The Kier molecular flexibility index (Phi) is 6.62. The summed E-state index contributed by atoms with van der Waals surface area (Å²) in [6.45, 7) is 5.04. The molecule has 1 N–H and O–H groups in total. The van der Waals surface area contributed by atoms with Crippen LogP contribution in [0.2, 0.25) is 0 Å². The van der Waals surface area contributed by atoms with Gasteiger partial charge in [-0.05, 0) is 26.8 Å². The third-order valence-corrected chi connectivity index (χ3v) is 7.13. The van der Waals surface area contributed by atoms with E-state index in [0.29, 0.717) is 4.90 Å². The first-order valence-electron chi connectivity index (χ1n) is 10.00. The Morgan fingerprint density at radius 2 is 1.88 bits per heavy atom. The molecule has 1 fully saturated rings. The number of hydrogen-bond donors (Lipinski definition) is 1. The standard InChI is InChI=1S/C19H24N4O8S/c1-11-9-21(10-12(2)31-11)32(29,30)8-7-20-17(24)13(3)22-18(25)14-5-4-6-15(23(27)28)16(14)19(22)26/h4-6,11-13H,7-10H2,1-3H3,(H,20,24). The highest BCUT2D eigenvalue weighted by Gasteiger charge is 2.44. The van der Waals surface area contributed by atoms with Gasteiger partial charge in [-0.2, -0.15) is 4.31 Å². The highest BCUT2D eigenvalue weighted by atomic mass is 32.2. The van der Waals surface area contributed by atoms with Crippen LogP contribution in [0, 0.1) is 10.1 Å². The molecule has 2 heterocycles. The molecule has 174 valence electrons. The molecule has 1 saturated heterocycles. The van der Waals surface area contributed by atoms with Gasteiger partial charge in [0.1, 0.15) is 11.6 Å². The fourth-order valence-corrected chi connectivity index (χ4v) is 5.34. The maximum absolute atomic E-state index is 12.7. The van der Waals surface area contributed by atoms with Crippen molar-refractivity contribution in [2.45, 2.75) is 39.0 Å². The van der Waals surface area contributed by atoms with Crippen LogP contribution < -0.4 is 5.32 Å². The number of nitro groups is 1. The molecule has 3 unspecified atom stereocenters. The summed E-state index contributed by atoms with van der Waals surface area (Å²) in [6.07, 6.45) is -0.498. The number of hydrogen-bond acceptors (Lipinski definition) is 8. The fourth-order valence-electron chi connectivity index (χ4n) is 3.84. The molecular formula is C19H24N4O8S. The van der Waals surface area contributed by atoms with Crippen LogP contribution in [0.5, 0.6) is 0 Å². The fraction of sp³-hybridized carbons (Fsp3) is 0.526. The van der Waals surface area contributed by atoms with Gasteiger partial charge in [0.05, 0.1) is 28.4 Å². The number of carbonyl (C=O) groups is 3. The van der Waals surface area contributed by atoms with Crippen molar-refractivity contribution in [3.8, 4) is 0 Å². The van der Waals surface area contributed by atoms with E-state index in [1.165, 1.54) is 23.4 Å². The van der Waals surface area contributed by atoms with Gasteiger partial charge in [0.15, 0.2) is 0 Å².